The summed E-state index contributed by atoms with van der Waals surface area (Å²) in [6, 6.07) is 0. The van der Waals surface area contributed by atoms with Crippen molar-refractivity contribution >= 4 is 23.8 Å². The molecule has 0 aliphatic carbocycles. The summed E-state index contributed by atoms with van der Waals surface area (Å²) in [5.41, 5.74) is -1.05. The molecular weight excluding hydrogens is 444 g/mol. The molecule has 12 nitrogen and oxygen atoms in total. The van der Waals surface area contributed by atoms with Crippen LogP contribution in [0.5, 0.6) is 0 Å². The summed E-state index contributed by atoms with van der Waals surface area (Å²) in [6.45, 7) is 8.67. The van der Waals surface area contributed by atoms with Crippen molar-refractivity contribution in [1.29, 1.82) is 0 Å². The smallest absolute Gasteiger partial charge is 0.303 e. The Labute approximate surface area is 201 Å². The summed E-state index contributed by atoms with van der Waals surface area (Å²) in [5.74, 6) is -2.15. The lowest BCUT2D eigenvalue weighted by molar-refractivity contribution is -0.138. The molecule has 0 aromatic rings. The quantitative estimate of drug-likeness (QED) is 0.183. The highest BCUT2D eigenvalue weighted by Crippen LogP contribution is 2.06. The number of rotatable bonds is 10. The van der Waals surface area contributed by atoms with Gasteiger partial charge in [-0.15, -0.1) is 0 Å². The molecule has 0 aromatic heterocycles. The summed E-state index contributed by atoms with van der Waals surface area (Å²) in [4.78, 5) is 45.9. The van der Waals surface area contributed by atoms with Crippen molar-refractivity contribution in [3.8, 4) is 0 Å². The highest BCUT2D eigenvalue weighted by Gasteiger charge is 2.28. The molecule has 34 heavy (non-hydrogen) atoms. The number of carboxylic acid groups (broad SMARTS) is 2. The number of nitrogens with one attached hydrogen (secondary N) is 6. The second-order valence-electron chi connectivity index (χ2n) is 9.42. The van der Waals surface area contributed by atoms with Gasteiger partial charge in [0.2, 0.25) is 11.8 Å². The number of carbonyl (C=O) groups excluding carboxylic acids is 2. The van der Waals surface area contributed by atoms with Crippen LogP contribution < -0.4 is 31.9 Å². The average Bonchev–Trinajstić information content (AvgIpc) is 2.72. The number of hydrogen-bond acceptors (Lipinski definition) is 8. The minimum absolute atomic E-state index is 0.0281. The van der Waals surface area contributed by atoms with Gasteiger partial charge < -0.3 is 42.1 Å². The Morgan fingerprint density at radius 3 is 1.18 bits per heavy atom. The van der Waals surface area contributed by atoms with Gasteiger partial charge in [-0.2, -0.15) is 0 Å². The Balaban J connectivity index is 2.54. The first-order valence-electron chi connectivity index (χ1n) is 11.9. The maximum absolute atomic E-state index is 12.3. The first-order valence-corrected chi connectivity index (χ1v) is 11.9. The van der Waals surface area contributed by atoms with E-state index in [1.54, 1.807) is 0 Å². The van der Waals surface area contributed by atoms with Crippen LogP contribution in [0.3, 0.4) is 0 Å². The molecule has 0 radical (unpaired) electrons. The first kappa shape index (κ1) is 29.8. The van der Waals surface area contributed by atoms with Crippen molar-refractivity contribution < 1.29 is 29.4 Å². The normalized spacial score (nSPS) is 25.0. The maximum atomic E-state index is 12.3. The van der Waals surface area contributed by atoms with Crippen LogP contribution in [0.2, 0.25) is 0 Å². The number of carbonyl (C=O) groups is 4. The Morgan fingerprint density at radius 2 is 0.912 bits per heavy atom. The zero-order chi connectivity index (χ0) is 25.5. The molecule has 0 aromatic carbocycles. The third kappa shape index (κ3) is 14.1. The topological polar surface area (TPSA) is 181 Å². The Morgan fingerprint density at radius 1 is 0.618 bits per heavy atom. The van der Waals surface area contributed by atoms with Gasteiger partial charge in [0.15, 0.2) is 0 Å². The van der Waals surface area contributed by atoms with Crippen LogP contribution >= 0.6 is 0 Å². The van der Waals surface area contributed by atoms with Crippen LogP contribution in [-0.4, -0.2) is 97.4 Å². The van der Waals surface area contributed by atoms with Crippen molar-refractivity contribution in [2.24, 2.45) is 0 Å². The molecule has 1 aliphatic rings. The molecule has 12 heteroatoms. The van der Waals surface area contributed by atoms with Gasteiger partial charge in [-0.25, -0.2) is 0 Å². The van der Waals surface area contributed by atoms with E-state index in [1.807, 2.05) is 13.8 Å². The van der Waals surface area contributed by atoms with Crippen LogP contribution in [-0.2, 0) is 19.2 Å². The lowest BCUT2D eigenvalue weighted by Crippen LogP contribution is -2.61. The van der Waals surface area contributed by atoms with Crippen LogP contribution in [0.4, 0.5) is 0 Å². The average molecular weight is 487 g/mol. The fourth-order valence-corrected chi connectivity index (χ4v) is 3.71. The van der Waals surface area contributed by atoms with Crippen molar-refractivity contribution in [2.75, 3.05) is 52.4 Å². The van der Waals surface area contributed by atoms with Gasteiger partial charge in [-0.3, -0.25) is 19.2 Å². The molecule has 1 fully saturated rings. The van der Waals surface area contributed by atoms with Crippen molar-refractivity contribution in [3.05, 3.63) is 0 Å². The molecule has 1 saturated heterocycles. The fourth-order valence-electron chi connectivity index (χ4n) is 3.71. The van der Waals surface area contributed by atoms with E-state index in [0.717, 1.165) is 0 Å². The van der Waals surface area contributed by atoms with E-state index in [4.69, 9.17) is 10.2 Å². The molecule has 1 aliphatic heterocycles. The van der Waals surface area contributed by atoms with E-state index >= 15 is 0 Å². The standard InChI is InChI=1S/C22H42N6O6/c1-21(27-17(29)5-3-7-19(31)32)13-23-9-11-25-15-22(2,16-26-12-10-24-14-21)28-18(30)6-4-8-20(33)34/h23-26H,3-16H2,1-2H3,(H,27,29)(H,28,30)(H,31,32)(H,33,34)/t21-,22-. The highest BCUT2D eigenvalue weighted by atomic mass is 16.4. The van der Waals surface area contributed by atoms with E-state index in [9.17, 15) is 19.2 Å². The van der Waals surface area contributed by atoms with E-state index in [1.165, 1.54) is 0 Å². The molecule has 0 bridgehead atoms. The van der Waals surface area contributed by atoms with Gasteiger partial charge in [-0.1, -0.05) is 0 Å². The van der Waals surface area contributed by atoms with Gasteiger partial charge in [0.1, 0.15) is 0 Å². The molecule has 0 atom stereocenters. The Bertz CT molecular complexity index is 602. The minimum atomic E-state index is -0.908. The Kier molecular flexibility index (Phi) is 13.6. The van der Waals surface area contributed by atoms with Crippen molar-refractivity contribution in [3.63, 3.8) is 0 Å². The summed E-state index contributed by atoms with van der Waals surface area (Å²) >= 11 is 0. The molecule has 0 saturated carbocycles. The van der Waals surface area contributed by atoms with Crippen molar-refractivity contribution in [2.45, 2.75) is 63.5 Å². The van der Waals surface area contributed by atoms with Crippen LogP contribution in [0.25, 0.3) is 0 Å². The number of amides is 2. The van der Waals surface area contributed by atoms with E-state index in [2.05, 4.69) is 31.9 Å². The first-order chi connectivity index (χ1) is 16.0. The number of hydrogen-bond donors (Lipinski definition) is 8. The van der Waals surface area contributed by atoms with Gasteiger partial charge in [0.25, 0.3) is 0 Å². The summed E-state index contributed by atoms with van der Waals surface area (Å²) in [5, 5.41) is 36.9. The molecule has 8 N–H and O–H groups in total. The largest absolute Gasteiger partial charge is 0.481 e. The van der Waals surface area contributed by atoms with E-state index in [0.29, 0.717) is 65.2 Å². The second-order valence-corrected chi connectivity index (χ2v) is 9.42. The third-order valence-electron chi connectivity index (χ3n) is 5.49. The summed E-state index contributed by atoms with van der Waals surface area (Å²) in [6.07, 6.45) is 0.901. The number of aliphatic carboxylic acids is 2. The van der Waals surface area contributed by atoms with Gasteiger partial charge in [0, 0.05) is 78.0 Å². The third-order valence-corrected chi connectivity index (χ3v) is 5.49. The highest BCUT2D eigenvalue weighted by molar-refractivity contribution is 5.78. The van der Waals surface area contributed by atoms with Crippen LogP contribution in [0.15, 0.2) is 0 Å². The second kappa shape index (κ2) is 15.6. The molecule has 1 rings (SSSR count). The fraction of sp³-hybridized carbons (Fsp3) is 0.818. The SMILES string of the molecule is C[C@]1(NC(=O)CCCC(=O)O)CNCCNC[C@](C)(NC(=O)CCCC(=O)O)CNCCNC1. The molecular formula is C22H42N6O6. The zero-order valence-corrected chi connectivity index (χ0v) is 20.4. The predicted octanol–water partition coefficient (Wildman–Crippen LogP) is -1.38. The lowest BCUT2D eigenvalue weighted by Gasteiger charge is -2.34. The summed E-state index contributed by atoms with van der Waals surface area (Å²) < 4.78 is 0. The van der Waals surface area contributed by atoms with Crippen LogP contribution in [0, 0.1) is 0 Å². The van der Waals surface area contributed by atoms with Crippen LogP contribution in [0.1, 0.15) is 52.4 Å². The molecule has 196 valence electrons. The van der Waals surface area contributed by atoms with E-state index < -0.39 is 23.0 Å². The summed E-state index contributed by atoms with van der Waals surface area (Å²) in [7, 11) is 0. The molecule has 0 unspecified atom stereocenters. The predicted molar refractivity (Wildman–Crippen MR) is 128 cm³/mol. The number of carboxylic acids is 2. The molecule has 0 spiro atoms. The van der Waals surface area contributed by atoms with Gasteiger partial charge >= 0.3 is 11.9 Å². The zero-order valence-electron chi connectivity index (χ0n) is 20.4. The van der Waals surface area contributed by atoms with Gasteiger partial charge in [-0.05, 0) is 26.7 Å². The Hall–Kier alpha value is -2.28. The lowest BCUT2D eigenvalue weighted by atomic mass is 10.0. The molecule has 2 amide bonds. The van der Waals surface area contributed by atoms with E-state index in [-0.39, 0.29) is 37.5 Å². The molecule has 1 heterocycles. The van der Waals surface area contributed by atoms with Gasteiger partial charge in [0.05, 0.1) is 11.1 Å². The van der Waals surface area contributed by atoms with Crippen molar-refractivity contribution in [1.82, 2.24) is 31.9 Å². The maximum Gasteiger partial charge on any atom is 0.303 e. The monoisotopic (exact) mass is 486 g/mol. The minimum Gasteiger partial charge on any atom is -0.481 e.